The van der Waals surface area contributed by atoms with Crippen LogP contribution >= 0.6 is 11.8 Å². The predicted octanol–water partition coefficient (Wildman–Crippen LogP) is 1.46. The zero-order valence-electron chi connectivity index (χ0n) is 16.1. The molecule has 1 unspecified atom stereocenters. The number of hydrogen-bond acceptors (Lipinski definition) is 5. The van der Waals surface area contributed by atoms with E-state index in [1.807, 2.05) is 49.5 Å². The van der Waals surface area contributed by atoms with E-state index in [0.29, 0.717) is 25.1 Å². The second-order valence-electron chi connectivity index (χ2n) is 7.07. The topological polar surface area (TPSA) is 72.2 Å². The van der Waals surface area contributed by atoms with Gasteiger partial charge in [0.15, 0.2) is 0 Å². The number of rotatable bonds is 6. The molecule has 1 amide bonds. The summed E-state index contributed by atoms with van der Waals surface area (Å²) in [6.07, 6.45) is 4.19. The third-order valence-electron chi connectivity index (χ3n) is 4.86. The molecule has 2 aromatic rings. The van der Waals surface area contributed by atoms with Gasteiger partial charge in [0.1, 0.15) is 5.82 Å². The van der Waals surface area contributed by atoms with Gasteiger partial charge in [-0.1, -0.05) is 12.1 Å². The number of aryl methyl sites for hydroxylation is 1. The number of fused-ring (bicyclic) bond motifs is 1. The maximum atomic E-state index is 12.7. The van der Waals surface area contributed by atoms with Crippen molar-refractivity contribution < 1.29 is 4.79 Å². The number of amides is 1. The zero-order valence-corrected chi connectivity index (χ0v) is 17.0. The van der Waals surface area contributed by atoms with E-state index in [9.17, 15) is 9.59 Å². The van der Waals surface area contributed by atoms with Crippen LogP contribution in [0.15, 0.2) is 34.0 Å². The van der Waals surface area contributed by atoms with Crippen molar-refractivity contribution in [1.29, 1.82) is 0 Å². The van der Waals surface area contributed by atoms with Crippen LogP contribution in [0, 0.1) is 0 Å². The van der Waals surface area contributed by atoms with E-state index in [2.05, 4.69) is 10.4 Å². The molecule has 0 radical (unpaired) electrons. The van der Waals surface area contributed by atoms with Gasteiger partial charge in [0.05, 0.1) is 12.1 Å². The summed E-state index contributed by atoms with van der Waals surface area (Å²) >= 11 is 1.57. The first-order chi connectivity index (χ1) is 13.0. The van der Waals surface area contributed by atoms with Crippen LogP contribution in [-0.4, -0.2) is 58.1 Å². The predicted molar refractivity (Wildman–Crippen MR) is 107 cm³/mol. The lowest BCUT2D eigenvalue weighted by atomic mass is 10.1. The molecule has 1 N–H and O–H groups in total. The molecule has 0 spiro atoms. The molecule has 1 aliphatic heterocycles. The fourth-order valence-electron chi connectivity index (χ4n) is 3.31. The van der Waals surface area contributed by atoms with Crippen LogP contribution in [0.5, 0.6) is 0 Å². The second kappa shape index (κ2) is 8.75. The van der Waals surface area contributed by atoms with E-state index in [4.69, 9.17) is 0 Å². The van der Waals surface area contributed by atoms with Gasteiger partial charge in [-0.2, -0.15) is 5.10 Å². The molecule has 0 bridgehead atoms. The number of nitrogens with zero attached hydrogens (tertiary/aromatic N) is 4. The van der Waals surface area contributed by atoms with Gasteiger partial charge in [-0.25, -0.2) is 9.48 Å². The molecule has 1 atom stereocenters. The lowest BCUT2D eigenvalue weighted by Gasteiger charge is -2.17. The Balaban J connectivity index is 1.65. The number of carbonyl (C=O) groups is 1. The van der Waals surface area contributed by atoms with E-state index in [-0.39, 0.29) is 17.6 Å². The highest BCUT2D eigenvalue weighted by molar-refractivity contribution is 7.98. The number of thioether (sulfide) groups is 1. The summed E-state index contributed by atoms with van der Waals surface area (Å²) in [7, 11) is 3.96. The normalized spacial score (nSPS) is 16.8. The molecule has 8 heteroatoms. The summed E-state index contributed by atoms with van der Waals surface area (Å²) in [6.45, 7) is 1.96. The number of likely N-dealkylation sites (N-methyl/N-ethyl adjacent to an activating group) is 1. The van der Waals surface area contributed by atoms with Crippen LogP contribution in [0.25, 0.3) is 0 Å². The Hall–Kier alpha value is -2.06. The molecular formula is C19H27N5O2S. The van der Waals surface area contributed by atoms with Gasteiger partial charge >= 0.3 is 5.69 Å². The van der Waals surface area contributed by atoms with Crippen LogP contribution in [0.2, 0.25) is 0 Å². The Kier molecular flexibility index (Phi) is 6.38. The summed E-state index contributed by atoms with van der Waals surface area (Å²) in [5.74, 6) is 0.771. The molecule has 146 valence electrons. The van der Waals surface area contributed by atoms with Crippen molar-refractivity contribution in [3.8, 4) is 0 Å². The Morgan fingerprint density at radius 3 is 2.85 bits per heavy atom. The monoisotopic (exact) mass is 389 g/mol. The van der Waals surface area contributed by atoms with Crippen LogP contribution in [0.3, 0.4) is 0 Å². The van der Waals surface area contributed by atoms with Gasteiger partial charge in [0.2, 0.25) is 0 Å². The van der Waals surface area contributed by atoms with Crippen molar-refractivity contribution in [2.75, 3.05) is 26.9 Å². The quantitative estimate of drug-likeness (QED) is 0.758. The minimum absolute atomic E-state index is 0.0451. The molecule has 0 saturated carbocycles. The van der Waals surface area contributed by atoms with E-state index >= 15 is 0 Å². The highest BCUT2D eigenvalue weighted by Crippen LogP contribution is 2.20. The maximum absolute atomic E-state index is 12.7. The average Bonchev–Trinajstić information content (AvgIpc) is 2.83. The Morgan fingerprint density at radius 1 is 1.33 bits per heavy atom. The number of benzene rings is 1. The molecule has 2 heterocycles. The van der Waals surface area contributed by atoms with E-state index in [1.165, 1.54) is 0 Å². The number of hydrogen-bond donors (Lipinski definition) is 1. The van der Waals surface area contributed by atoms with Gasteiger partial charge in [-0.15, -0.1) is 11.8 Å². The first-order valence-electron chi connectivity index (χ1n) is 9.24. The van der Waals surface area contributed by atoms with Crippen molar-refractivity contribution in [2.24, 2.45) is 0 Å². The van der Waals surface area contributed by atoms with Crippen molar-refractivity contribution in [1.82, 2.24) is 24.6 Å². The molecule has 3 rings (SSSR count). The summed E-state index contributed by atoms with van der Waals surface area (Å²) in [4.78, 5) is 28.2. The summed E-state index contributed by atoms with van der Waals surface area (Å²) in [6, 6.07) is 7.68. The first kappa shape index (κ1) is 19.7. The SMILES string of the molecule is CSc1ccccc1C(=O)NC1CCc2nn(CCN(C)C)c(=O)n2CC1. The minimum atomic E-state index is -0.0495. The Bertz CT molecular complexity index is 858. The minimum Gasteiger partial charge on any atom is -0.349 e. The average molecular weight is 390 g/mol. The smallest absolute Gasteiger partial charge is 0.345 e. The molecule has 0 aliphatic carbocycles. The van der Waals surface area contributed by atoms with Crippen molar-refractivity contribution >= 4 is 17.7 Å². The fraction of sp³-hybridized carbons (Fsp3) is 0.526. The van der Waals surface area contributed by atoms with Crippen molar-refractivity contribution in [3.63, 3.8) is 0 Å². The molecule has 0 fully saturated rings. The molecule has 1 aliphatic rings. The first-order valence-corrected chi connectivity index (χ1v) is 10.5. The maximum Gasteiger partial charge on any atom is 0.345 e. The molecule has 1 aromatic carbocycles. The summed E-state index contributed by atoms with van der Waals surface area (Å²) < 4.78 is 3.32. The second-order valence-corrected chi connectivity index (χ2v) is 7.92. The molecule has 7 nitrogen and oxygen atoms in total. The Morgan fingerprint density at radius 2 is 2.11 bits per heavy atom. The number of nitrogens with one attached hydrogen (secondary N) is 1. The van der Waals surface area contributed by atoms with Gasteiger partial charge in [-0.05, 0) is 45.3 Å². The number of aromatic nitrogens is 3. The van der Waals surface area contributed by atoms with Crippen LogP contribution in [0.1, 0.15) is 29.0 Å². The van der Waals surface area contributed by atoms with E-state index in [0.717, 1.165) is 30.1 Å². The standard InChI is InChI=1S/C19H27N5O2S/c1-22(2)12-13-24-19(26)23-11-10-14(8-9-17(23)21-24)20-18(25)15-6-4-5-7-16(15)27-3/h4-7,14H,8-13H2,1-3H3,(H,20,25). The van der Waals surface area contributed by atoms with Crippen LogP contribution in [0.4, 0.5) is 0 Å². The molecule has 27 heavy (non-hydrogen) atoms. The van der Waals surface area contributed by atoms with Gasteiger partial charge in [0, 0.05) is 30.4 Å². The lowest BCUT2D eigenvalue weighted by molar-refractivity contribution is 0.0930. The van der Waals surface area contributed by atoms with Gasteiger partial charge in [0.25, 0.3) is 5.91 Å². The lowest BCUT2D eigenvalue weighted by Crippen LogP contribution is -2.36. The summed E-state index contributed by atoms with van der Waals surface area (Å²) in [5, 5.41) is 7.65. The third-order valence-corrected chi connectivity index (χ3v) is 5.66. The number of carbonyl (C=O) groups excluding carboxylic acids is 1. The van der Waals surface area contributed by atoms with Crippen molar-refractivity contribution in [3.05, 3.63) is 46.1 Å². The zero-order chi connectivity index (χ0) is 19.4. The highest BCUT2D eigenvalue weighted by Gasteiger charge is 2.23. The fourth-order valence-corrected chi connectivity index (χ4v) is 3.90. The van der Waals surface area contributed by atoms with Gasteiger partial charge in [-0.3, -0.25) is 9.36 Å². The Labute approximate surface area is 163 Å². The molecule has 1 aromatic heterocycles. The van der Waals surface area contributed by atoms with Crippen LogP contribution in [-0.2, 0) is 19.5 Å². The third kappa shape index (κ3) is 4.62. The van der Waals surface area contributed by atoms with E-state index in [1.54, 1.807) is 21.0 Å². The largest absolute Gasteiger partial charge is 0.349 e. The molecule has 0 saturated heterocycles. The van der Waals surface area contributed by atoms with Crippen molar-refractivity contribution in [2.45, 2.75) is 43.3 Å². The van der Waals surface area contributed by atoms with E-state index < -0.39 is 0 Å². The highest BCUT2D eigenvalue weighted by atomic mass is 32.2. The van der Waals surface area contributed by atoms with Crippen LogP contribution < -0.4 is 11.0 Å². The molecular weight excluding hydrogens is 362 g/mol. The summed E-state index contributed by atoms with van der Waals surface area (Å²) in [5.41, 5.74) is 0.657. The van der Waals surface area contributed by atoms with Gasteiger partial charge < -0.3 is 10.2 Å².